The zero-order chi connectivity index (χ0) is 24.3. The van der Waals surface area contributed by atoms with Crippen LogP contribution in [0.25, 0.3) is 0 Å². The van der Waals surface area contributed by atoms with Gasteiger partial charge in [-0.25, -0.2) is 19.3 Å². The number of rotatable bonds is 6. The van der Waals surface area contributed by atoms with Crippen molar-refractivity contribution in [3.63, 3.8) is 0 Å². The fourth-order valence-electron chi connectivity index (χ4n) is 3.18. The van der Waals surface area contributed by atoms with E-state index >= 15 is 0 Å². The number of aryl methyl sites for hydroxylation is 1. The molecular weight excluding hydrogens is 478 g/mol. The molecule has 0 bridgehead atoms. The first-order valence-electron chi connectivity index (χ1n) is 10.1. The number of hydrogen-bond donors (Lipinski definition) is 3. The van der Waals surface area contributed by atoms with Crippen LogP contribution in [0.4, 0.5) is 34.1 Å². The second-order valence-electron chi connectivity index (χ2n) is 7.39. The monoisotopic (exact) mass is 497 g/mol. The van der Waals surface area contributed by atoms with Crippen molar-refractivity contribution < 1.29 is 27.1 Å². The summed E-state index contributed by atoms with van der Waals surface area (Å²) < 4.78 is 61.6. The van der Waals surface area contributed by atoms with Crippen molar-refractivity contribution in [3.05, 3.63) is 47.7 Å². The number of carbonyl (C=O) groups is 1. The SMILES string of the molecule is Cc1nsc(Nc2cnc(C(F)(F)F)cn2)c1C(=O)Nc1ccc(O[C@@H]2CCNC[C@H]2F)nc1. The van der Waals surface area contributed by atoms with Crippen LogP contribution in [0.1, 0.15) is 28.2 Å². The van der Waals surface area contributed by atoms with Gasteiger partial charge in [0.1, 0.15) is 23.1 Å². The Morgan fingerprint density at radius 1 is 1.21 bits per heavy atom. The molecule has 2 atom stereocenters. The third-order valence-electron chi connectivity index (χ3n) is 4.89. The average molecular weight is 497 g/mol. The number of pyridine rings is 1. The second-order valence-corrected chi connectivity index (χ2v) is 8.16. The number of aromatic nitrogens is 4. The number of anilines is 3. The zero-order valence-electron chi connectivity index (χ0n) is 17.7. The number of ether oxygens (including phenoxy) is 1. The van der Waals surface area contributed by atoms with Gasteiger partial charge in [-0.1, -0.05) is 0 Å². The van der Waals surface area contributed by atoms with Crippen molar-refractivity contribution >= 4 is 33.9 Å². The molecule has 180 valence electrons. The predicted molar refractivity (Wildman–Crippen MR) is 116 cm³/mol. The summed E-state index contributed by atoms with van der Waals surface area (Å²) in [5.41, 5.74) is -0.149. The first-order valence-corrected chi connectivity index (χ1v) is 10.9. The Labute approximate surface area is 195 Å². The van der Waals surface area contributed by atoms with Crippen molar-refractivity contribution in [2.75, 3.05) is 23.7 Å². The van der Waals surface area contributed by atoms with E-state index in [1.54, 1.807) is 13.0 Å². The van der Waals surface area contributed by atoms with Crippen LogP contribution in [0.5, 0.6) is 5.88 Å². The van der Waals surface area contributed by atoms with Crippen LogP contribution in [0.3, 0.4) is 0 Å². The lowest BCUT2D eigenvalue weighted by Gasteiger charge is -2.26. The Kier molecular flexibility index (Phi) is 6.88. The fraction of sp³-hybridized carbons (Fsp3) is 0.350. The summed E-state index contributed by atoms with van der Waals surface area (Å²) in [4.78, 5) is 24.0. The smallest absolute Gasteiger partial charge is 0.434 e. The third kappa shape index (κ3) is 5.56. The van der Waals surface area contributed by atoms with Crippen LogP contribution in [0.2, 0.25) is 0 Å². The Morgan fingerprint density at radius 2 is 2.03 bits per heavy atom. The van der Waals surface area contributed by atoms with Crippen LogP contribution in [0, 0.1) is 6.92 Å². The molecule has 9 nitrogen and oxygen atoms in total. The first kappa shape index (κ1) is 23.8. The van der Waals surface area contributed by atoms with E-state index in [0.717, 1.165) is 17.7 Å². The van der Waals surface area contributed by atoms with Crippen molar-refractivity contribution in [2.45, 2.75) is 31.8 Å². The van der Waals surface area contributed by atoms with Crippen LogP contribution >= 0.6 is 11.5 Å². The van der Waals surface area contributed by atoms with Crippen LogP contribution in [0.15, 0.2) is 30.7 Å². The summed E-state index contributed by atoms with van der Waals surface area (Å²) in [7, 11) is 0. The van der Waals surface area contributed by atoms with Crippen molar-refractivity contribution in [1.82, 2.24) is 24.6 Å². The number of nitrogens with zero attached hydrogens (tertiary/aromatic N) is 4. The molecule has 4 heterocycles. The summed E-state index contributed by atoms with van der Waals surface area (Å²) in [5.74, 6) is -0.242. The molecule has 0 radical (unpaired) electrons. The highest BCUT2D eigenvalue weighted by molar-refractivity contribution is 7.10. The maximum atomic E-state index is 13.9. The summed E-state index contributed by atoms with van der Waals surface area (Å²) in [6, 6.07) is 3.10. The van der Waals surface area contributed by atoms with E-state index < -0.39 is 30.1 Å². The van der Waals surface area contributed by atoms with Gasteiger partial charge in [0.05, 0.1) is 35.5 Å². The molecule has 1 saturated heterocycles. The number of nitrogens with one attached hydrogen (secondary N) is 3. The molecule has 0 unspecified atom stereocenters. The van der Waals surface area contributed by atoms with Gasteiger partial charge in [-0.05, 0) is 37.5 Å². The zero-order valence-corrected chi connectivity index (χ0v) is 18.5. The molecule has 1 fully saturated rings. The third-order valence-corrected chi connectivity index (χ3v) is 5.74. The number of alkyl halides is 4. The van der Waals surface area contributed by atoms with Crippen LogP contribution in [-0.2, 0) is 6.18 Å². The Balaban J connectivity index is 1.42. The standard InChI is InChI=1S/C20H19F4N7O2S/c1-10-17(19(34-31-10)30-15-9-26-14(8-27-15)20(22,23)24)18(32)29-11-2-3-16(28-6-11)33-13-4-5-25-7-12(13)21/h2-3,6,8-9,12-13,25H,4-5,7H2,1H3,(H,27,30)(H,29,32)/t12-,13-/m1/s1. The molecule has 4 rings (SSSR count). The van der Waals surface area contributed by atoms with Gasteiger partial charge in [0.2, 0.25) is 5.88 Å². The van der Waals surface area contributed by atoms with E-state index in [1.807, 2.05) is 0 Å². The van der Waals surface area contributed by atoms with Crippen molar-refractivity contribution in [2.24, 2.45) is 0 Å². The molecule has 0 aromatic carbocycles. The summed E-state index contributed by atoms with van der Waals surface area (Å²) in [6.45, 7) is 2.50. The summed E-state index contributed by atoms with van der Waals surface area (Å²) in [6.07, 6.45) is -2.91. The second kappa shape index (κ2) is 9.85. The quantitative estimate of drug-likeness (QED) is 0.442. The minimum absolute atomic E-state index is 0.0259. The minimum atomic E-state index is -4.60. The van der Waals surface area contributed by atoms with Gasteiger partial charge in [0.25, 0.3) is 5.91 Å². The lowest BCUT2D eigenvalue weighted by molar-refractivity contribution is -0.141. The van der Waals surface area contributed by atoms with E-state index in [2.05, 4.69) is 35.3 Å². The van der Waals surface area contributed by atoms with Gasteiger partial charge in [-0.15, -0.1) is 0 Å². The number of piperidine rings is 1. The average Bonchev–Trinajstić information content (AvgIpc) is 3.16. The van der Waals surface area contributed by atoms with Gasteiger partial charge >= 0.3 is 6.18 Å². The molecule has 0 saturated carbocycles. The van der Waals surface area contributed by atoms with E-state index in [4.69, 9.17) is 4.74 Å². The molecule has 1 aliphatic rings. The number of hydrogen-bond acceptors (Lipinski definition) is 9. The lowest BCUT2D eigenvalue weighted by Crippen LogP contribution is -2.44. The minimum Gasteiger partial charge on any atom is -0.471 e. The predicted octanol–water partition coefficient (Wildman–Crippen LogP) is 3.73. The van der Waals surface area contributed by atoms with E-state index in [-0.39, 0.29) is 28.8 Å². The normalized spacial score (nSPS) is 18.4. The Bertz CT molecular complexity index is 1140. The van der Waals surface area contributed by atoms with Crippen LogP contribution < -0.4 is 20.7 Å². The van der Waals surface area contributed by atoms with Crippen molar-refractivity contribution in [1.29, 1.82) is 0 Å². The molecule has 1 aliphatic heterocycles. The molecule has 1 amide bonds. The highest BCUT2D eigenvalue weighted by atomic mass is 32.1. The molecule has 0 spiro atoms. The molecule has 3 aromatic heterocycles. The number of halogens is 4. The van der Waals surface area contributed by atoms with Crippen molar-refractivity contribution in [3.8, 4) is 5.88 Å². The largest absolute Gasteiger partial charge is 0.471 e. The van der Waals surface area contributed by atoms with Gasteiger partial charge in [0, 0.05) is 12.6 Å². The van der Waals surface area contributed by atoms with E-state index in [9.17, 15) is 22.4 Å². The lowest BCUT2D eigenvalue weighted by atomic mass is 10.1. The molecule has 3 N–H and O–H groups in total. The van der Waals surface area contributed by atoms with Gasteiger partial charge in [0.15, 0.2) is 5.69 Å². The summed E-state index contributed by atoms with van der Waals surface area (Å²) in [5, 5.41) is 8.69. The fourth-order valence-corrected chi connectivity index (χ4v) is 3.98. The number of amides is 1. The summed E-state index contributed by atoms with van der Waals surface area (Å²) >= 11 is 0.953. The Morgan fingerprint density at radius 3 is 2.68 bits per heavy atom. The Hall–Kier alpha value is -3.39. The van der Waals surface area contributed by atoms with E-state index in [0.29, 0.717) is 30.5 Å². The topological polar surface area (TPSA) is 114 Å². The molecule has 3 aromatic rings. The molecular formula is C20H19F4N7O2S. The number of carbonyl (C=O) groups excluding carboxylic acids is 1. The molecule has 14 heteroatoms. The maximum absolute atomic E-state index is 13.9. The molecule has 34 heavy (non-hydrogen) atoms. The maximum Gasteiger partial charge on any atom is 0.434 e. The highest BCUT2D eigenvalue weighted by Gasteiger charge is 2.33. The molecule has 0 aliphatic carbocycles. The first-order chi connectivity index (χ1) is 16.2. The van der Waals surface area contributed by atoms with Crippen LogP contribution in [-0.4, -0.2) is 50.6 Å². The van der Waals surface area contributed by atoms with Gasteiger partial charge in [-0.3, -0.25) is 4.79 Å². The van der Waals surface area contributed by atoms with E-state index in [1.165, 1.54) is 12.3 Å². The van der Waals surface area contributed by atoms with Gasteiger partial charge in [-0.2, -0.15) is 17.5 Å². The van der Waals surface area contributed by atoms with Gasteiger partial charge < -0.3 is 20.7 Å². The highest BCUT2D eigenvalue weighted by Crippen LogP contribution is 2.30.